The normalized spacial score (nSPS) is 10.6. The van der Waals surface area contributed by atoms with Gasteiger partial charge in [0.25, 0.3) is 11.6 Å². The number of nitrogens with one attached hydrogen (secondary N) is 1. The number of halogens is 1. The van der Waals surface area contributed by atoms with Gasteiger partial charge >= 0.3 is 0 Å². The third-order valence-corrected chi connectivity index (χ3v) is 3.34. The largest absolute Gasteiger partial charge is 0.504 e. The maximum atomic E-state index is 12.0. The van der Waals surface area contributed by atoms with Crippen LogP contribution in [0.3, 0.4) is 0 Å². The van der Waals surface area contributed by atoms with Crippen LogP contribution >= 0.6 is 11.6 Å². The zero-order chi connectivity index (χ0) is 17.7. The molecule has 0 saturated heterocycles. The highest BCUT2D eigenvalue weighted by Gasteiger charge is 2.16. The van der Waals surface area contributed by atoms with Crippen molar-refractivity contribution in [1.29, 1.82) is 0 Å². The van der Waals surface area contributed by atoms with Gasteiger partial charge in [-0.3, -0.25) is 14.9 Å². The topological polar surface area (TPSA) is 114 Å². The van der Waals surface area contributed by atoms with E-state index in [1.165, 1.54) is 25.5 Å². The van der Waals surface area contributed by atoms with Crippen molar-refractivity contribution in [2.24, 2.45) is 5.10 Å². The first-order valence-electron chi connectivity index (χ1n) is 6.57. The van der Waals surface area contributed by atoms with Gasteiger partial charge in [0.1, 0.15) is 5.02 Å². The third-order valence-electron chi connectivity index (χ3n) is 3.02. The number of hydrogen-bond donors (Lipinski definition) is 2. The fourth-order valence-corrected chi connectivity index (χ4v) is 2.01. The SMILES string of the molecule is COc1cccc(/C=N/NC(=O)c2ccc(Cl)c([N+](=O)[O-])c2)c1O. The van der Waals surface area contributed by atoms with Crippen LogP contribution in [0.25, 0.3) is 0 Å². The van der Waals surface area contributed by atoms with Crippen molar-refractivity contribution in [2.75, 3.05) is 7.11 Å². The average molecular weight is 350 g/mol. The maximum absolute atomic E-state index is 12.0. The number of aromatic hydroxyl groups is 1. The highest BCUT2D eigenvalue weighted by Crippen LogP contribution is 2.28. The minimum absolute atomic E-state index is 0.0260. The second-order valence-corrected chi connectivity index (χ2v) is 4.93. The van der Waals surface area contributed by atoms with Gasteiger partial charge in [-0.25, -0.2) is 5.43 Å². The summed E-state index contributed by atoms with van der Waals surface area (Å²) in [5.74, 6) is -0.521. The second-order valence-electron chi connectivity index (χ2n) is 4.52. The van der Waals surface area contributed by atoms with Gasteiger partial charge in [-0.1, -0.05) is 17.7 Å². The van der Waals surface area contributed by atoms with Crippen molar-refractivity contribution in [3.63, 3.8) is 0 Å². The minimum Gasteiger partial charge on any atom is -0.504 e. The molecule has 0 bridgehead atoms. The van der Waals surface area contributed by atoms with Gasteiger partial charge < -0.3 is 9.84 Å². The molecule has 0 spiro atoms. The number of nitro groups is 1. The van der Waals surface area contributed by atoms with E-state index in [1.54, 1.807) is 18.2 Å². The van der Waals surface area contributed by atoms with E-state index in [4.69, 9.17) is 16.3 Å². The molecule has 0 radical (unpaired) electrons. The number of amides is 1. The number of nitrogens with zero attached hydrogens (tertiary/aromatic N) is 2. The van der Waals surface area contributed by atoms with Gasteiger partial charge in [0.2, 0.25) is 0 Å². The Hall–Kier alpha value is -3.13. The summed E-state index contributed by atoms with van der Waals surface area (Å²) in [7, 11) is 1.41. The lowest BCUT2D eigenvalue weighted by Crippen LogP contribution is -2.17. The van der Waals surface area contributed by atoms with E-state index in [9.17, 15) is 20.0 Å². The van der Waals surface area contributed by atoms with E-state index in [1.807, 2.05) is 0 Å². The monoisotopic (exact) mass is 349 g/mol. The molecule has 0 atom stereocenters. The van der Waals surface area contributed by atoms with Crippen LogP contribution in [0.4, 0.5) is 5.69 Å². The number of hydrogen-bond acceptors (Lipinski definition) is 6. The van der Waals surface area contributed by atoms with Crippen molar-refractivity contribution in [3.8, 4) is 11.5 Å². The molecule has 0 aliphatic rings. The summed E-state index contributed by atoms with van der Waals surface area (Å²) in [6.45, 7) is 0. The molecule has 2 aromatic carbocycles. The Morgan fingerprint density at radius 1 is 1.42 bits per heavy atom. The fraction of sp³-hybridized carbons (Fsp3) is 0.0667. The van der Waals surface area contributed by atoms with Crippen molar-refractivity contribution in [2.45, 2.75) is 0 Å². The van der Waals surface area contributed by atoms with Gasteiger partial charge in [-0.2, -0.15) is 5.10 Å². The molecule has 9 heteroatoms. The van der Waals surface area contributed by atoms with Crippen LogP contribution in [-0.2, 0) is 0 Å². The number of para-hydroxylation sites is 1. The first kappa shape index (κ1) is 17.2. The first-order valence-corrected chi connectivity index (χ1v) is 6.95. The van der Waals surface area contributed by atoms with Crippen LogP contribution in [-0.4, -0.2) is 29.3 Å². The molecule has 1 amide bonds. The molecule has 2 aromatic rings. The number of benzene rings is 2. The Morgan fingerprint density at radius 2 is 2.17 bits per heavy atom. The molecule has 24 heavy (non-hydrogen) atoms. The molecule has 0 aliphatic heterocycles. The van der Waals surface area contributed by atoms with Crippen LogP contribution in [0, 0.1) is 10.1 Å². The van der Waals surface area contributed by atoms with E-state index in [2.05, 4.69) is 10.5 Å². The molecule has 0 saturated carbocycles. The predicted octanol–water partition coefficient (Wildman–Crippen LogP) is 2.73. The number of carbonyl (C=O) groups excluding carboxylic acids is 1. The van der Waals surface area contributed by atoms with Gasteiger partial charge in [0.05, 0.1) is 18.2 Å². The Kier molecular flexibility index (Phi) is 5.33. The molecule has 8 nitrogen and oxygen atoms in total. The Labute approximate surface area is 141 Å². The smallest absolute Gasteiger partial charge is 0.288 e. The summed E-state index contributed by atoms with van der Waals surface area (Å²) in [6.07, 6.45) is 1.22. The molecule has 0 unspecified atom stereocenters. The van der Waals surface area contributed by atoms with E-state index >= 15 is 0 Å². The second kappa shape index (κ2) is 7.42. The third kappa shape index (κ3) is 3.79. The molecule has 0 fully saturated rings. The lowest BCUT2D eigenvalue weighted by Gasteiger charge is -2.05. The van der Waals surface area contributed by atoms with Crippen LogP contribution in [0.15, 0.2) is 41.5 Å². The molecule has 0 heterocycles. The number of carbonyl (C=O) groups is 1. The Bertz CT molecular complexity index is 823. The zero-order valence-corrected chi connectivity index (χ0v) is 13.1. The van der Waals surface area contributed by atoms with Gasteiger partial charge in [-0.05, 0) is 24.3 Å². The summed E-state index contributed by atoms with van der Waals surface area (Å²) >= 11 is 5.68. The molecular formula is C15H12ClN3O5. The standard InChI is InChI=1S/C15H12ClN3O5/c1-24-13-4-2-3-10(14(13)20)8-17-18-15(21)9-5-6-11(16)12(7-9)19(22)23/h2-8,20H,1H3,(H,18,21)/b17-8+. The average Bonchev–Trinajstić information content (AvgIpc) is 2.56. The van der Waals surface area contributed by atoms with Gasteiger partial charge in [0.15, 0.2) is 11.5 Å². The lowest BCUT2D eigenvalue weighted by molar-refractivity contribution is -0.384. The summed E-state index contributed by atoms with van der Waals surface area (Å²) in [5.41, 5.74) is 2.19. The lowest BCUT2D eigenvalue weighted by atomic mass is 10.2. The molecule has 124 valence electrons. The molecule has 0 aliphatic carbocycles. The Morgan fingerprint density at radius 3 is 2.83 bits per heavy atom. The molecular weight excluding hydrogens is 338 g/mol. The number of hydrazone groups is 1. The highest BCUT2D eigenvalue weighted by molar-refractivity contribution is 6.32. The van der Waals surface area contributed by atoms with Crippen LogP contribution in [0.1, 0.15) is 15.9 Å². The Balaban J connectivity index is 2.14. The number of phenolic OH excluding ortho intramolecular Hbond substituents is 1. The van der Waals surface area contributed by atoms with E-state index in [0.717, 1.165) is 6.07 Å². The number of ether oxygens (including phenoxy) is 1. The van der Waals surface area contributed by atoms with Crippen molar-refractivity contribution in [1.82, 2.24) is 5.43 Å². The fourth-order valence-electron chi connectivity index (χ4n) is 1.83. The predicted molar refractivity (Wildman–Crippen MR) is 87.8 cm³/mol. The number of phenols is 1. The van der Waals surface area contributed by atoms with Crippen LogP contribution in [0.5, 0.6) is 11.5 Å². The highest BCUT2D eigenvalue weighted by atomic mass is 35.5. The van der Waals surface area contributed by atoms with E-state index < -0.39 is 10.8 Å². The number of nitro benzene ring substituents is 1. The van der Waals surface area contributed by atoms with Gasteiger partial charge in [-0.15, -0.1) is 0 Å². The summed E-state index contributed by atoms with van der Waals surface area (Å²) in [5, 5.41) is 24.3. The van der Waals surface area contributed by atoms with Crippen molar-refractivity contribution in [3.05, 3.63) is 62.7 Å². The molecule has 0 aromatic heterocycles. The first-order chi connectivity index (χ1) is 11.4. The summed E-state index contributed by atoms with van der Waals surface area (Å²) < 4.78 is 4.95. The van der Waals surface area contributed by atoms with E-state index in [0.29, 0.717) is 5.56 Å². The number of rotatable bonds is 5. The summed E-state index contributed by atoms with van der Waals surface area (Å²) in [6, 6.07) is 8.43. The molecule has 2 N–H and O–H groups in total. The number of methoxy groups -OCH3 is 1. The van der Waals surface area contributed by atoms with E-state index in [-0.39, 0.29) is 27.8 Å². The maximum Gasteiger partial charge on any atom is 0.288 e. The summed E-state index contributed by atoms with van der Waals surface area (Å²) in [4.78, 5) is 22.1. The minimum atomic E-state index is -0.684. The van der Waals surface area contributed by atoms with Crippen molar-refractivity contribution >= 4 is 29.4 Å². The van der Waals surface area contributed by atoms with Crippen LogP contribution in [0.2, 0.25) is 5.02 Å². The zero-order valence-electron chi connectivity index (χ0n) is 12.4. The van der Waals surface area contributed by atoms with Gasteiger partial charge in [0, 0.05) is 17.2 Å². The van der Waals surface area contributed by atoms with Crippen molar-refractivity contribution < 1.29 is 19.6 Å². The van der Waals surface area contributed by atoms with Crippen LogP contribution < -0.4 is 10.2 Å². The quantitative estimate of drug-likeness (QED) is 0.489. The molecule has 2 rings (SSSR count).